The SMILES string of the molecule is Cc1ccc(Nc2cc(C)nc(N3CCN(C(=O)c4cc(Br)cs4)CC3)n2)cc1. The van der Waals surface area contributed by atoms with Gasteiger partial charge in [-0.25, -0.2) is 4.98 Å². The number of amides is 1. The Balaban J connectivity index is 1.43. The Morgan fingerprint density at radius 2 is 1.79 bits per heavy atom. The van der Waals surface area contributed by atoms with Gasteiger partial charge in [-0.15, -0.1) is 11.3 Å². The third-order valence-electron chi connectivity index (χ3n) is 4.79. The molecule has 0 bridgehead atoms. The summed E-state index contributed by atoms with van der Waals surface area (Å²) in [6.45, 7) is 6.79. The smallest absolute Gasteiger partial charge is 0.264 e. The zero-order valence-corrected chi connectivity index (χ0v) is 18.8. The largest absolute Gasteiger partial charge is 0.340 e. The number of carbonyl (C=O) groups is 1. The molecule has 3 aromatic rings. The Kier molecular flexibility index (Phi) is 5.82. The molecule has 8 heteroatoms. The molecule has 2 aromatic heterocycles. The topological polar surface area (TPSA) is 61.4 Å². The number of hydrogen-bond donors (Lipinski definition) is 1. The molecule has 1 amide bonds. The summed E-state index contributed by atoms with van der Waals surface area (Å²) in [5.74, 6) is 1.57. The first-order chi connectivity index (χ1) is 14.0. The number of piperazine rings is 1. The third kappa shape index (κ3) is 4.76. The Hall–Kier alpha value is -2.45. The maximum absolute atomic E-state index is 12.6. The van der Waals surface area contributed by atoms with E-state index >= 15 is 0 Å². The molecule has 1 saturated heterocycles. The number of nitrogens with zero attached hydrogens (tertiary/aromatic N) is 4. The predicted octanol–water partition coefficient (Wildman–Crippen LogP) is 4.62. The molecule has 1 aromatic carbocycles. The molecule has 0 atom stereocenters. The van der Waals surface area contributed by atoms with Crippen molar-refractivity contribution in [3.8, 4) is 0 Å². The molecule has 1 aliphatic heterocycles. The van der Waals surface area contributed by atoms with Crippen LogP contribution in [0, 0.1) is 13.8 Å². The Bertz CT molecular complexity index is 1010. The van der Waals surface area contributed by atoms with Crippen molar-refractivity contribution in [2.24, 2.45) is 0 Å². The fourth-order valence-corrected chi connectivity index (χ4v) is 4.63. The van der Waals surface area contributed by atoms with Gasteiger partial charge in [0.05, 0.1) is 4.88 Å². The second kappa shape index (κ2) is 8.51. The van der Waals surface area contributed by atoms with Gasteiger partial charge in [0.2, 0.25) is 5.95 Å². The summed E-state index contributed by atoms with van der Waals surface area (Å²) in [6.07, 6.45) is 0. The summed E-state index contributed by atoms with van der Waals surface area (Å²) in [4.78, 5) is 26.8. The molecule has 6 nitrogen and oxygen atoms in total. The number of aryl methyl sites for hydroxylation is 2. The van der Waals surface area contributed by atoms with E-state index in [-0.39, 0.29) is 5.91 Å². The van der Waals surface area contributed by atoms with Gasteiger partial charge in [0, 0.05) is 53.5 Å². The molecule has 29 heavy (non-hydrogen) atoms. The lowest BCUT2D eigenvalue weighted by atomic mass is 10.2. The van der Waals surface area contributed by atoms with Crippen LogP contribution in [0.3, 0.4) is 0 Å². The van der Waals surface area contributed by atoms with Crippen molar-refractivity contribution in [3.05, 3.63) is 62.4 Å². The number of anilines is 3. The molecular weight excluding hydrogens is 450 g/mol. The van der Waals surface area contributed by atoms with Gasteiger partial charge >= 0.3 is 0 Å². The first kappa shape index (κ1) is 19.8. The molecule has 1 aliphatic rings. The zero-order valence-electron chi connectivity index (χ0n) is 16.4. The van der Waals surface area contributed by atoms with Crippen LogP contribution in [0.25, 0.3) is 0 Å². The molecule has 0 spiro atoms. The van der Waals surface area contributed by atoms with E-state index in [0.717, 1.165) is 26.5 Å². The summed E-state index contributed by atoms with van der Waals surface area (Å²) >= 11 is 4.88. The summed E-state index contributed by atoms with van der Waals surface area (Å²) in [5.41, 5.74) is 3.13. The van der Waals surface area contributed by atoms with E-state index < -0.39 is 0 Å². The van der Waals surface area contributed by atoms with Crippen LogP contribution in [0.2, 0.25) is 0 Å². The molecule has 1 N–H and O–H groups in total. The normalized spacial score (nSPS) is 14.2. The van der Waals surface area contributed by atoms with Crippen molar-refractivity contribution in [3.63, 3.8) is 0 Å². The van der Waals surface area contributed by atoms with Gasteiger partial charge in [-0.2, -0.15) is 4.98 Å². The summed E-state index contributed by atoms with van der Waals surface area (Å²) in [7, 11) is 0. The zero-order chi connectivity index (χ0) is 20.4. The molecular formula is C21H22BrN5OS. The van der Waals surface area contributed by atoms with Crippen molar-refractivity contribution in [2.75, 3.05) is 36.4 Å². The van der Waals surface area contributed by atoms with E-state index in [0.29, 0.717) is 32.1 Å². The van der Waals surface area contributed by atoms with Crippen LogP contribution < -0.4 is 10.2 Å². The summed E-state index contributed by atoms with van der Waals surface area (Å²) in [6, 6.07) is 12.0. The number of nitrogens with one attached hydrogen (secondary N) is 1. The first-order valence-electron chi connectivity index (χ1n) is 9.45. The molecule has 0 radical (unpaired) electrons. The van der Waals surface area contributed by atoms with Crippen LogP contribution in [0.1, 0.15) is 20.9 Å². The van der Waals surface area contributed by atoms with Gasteiger partial charge in [-0.05, 0) is 48.0 Å². The van der Waals surface area contributed by atoms with E-state index in [4.69, 9.17) is 4.98 Å². The lowest BCUT2D eigenvalue weighted by molar-refractivity contribution is 0.0751. The van der Waals surface area contributed by atoms with Crippen LogP contribution in [-0.2, 0) is 0 Å². The second-order valence-electron chi connectivity index (χ2n) is 7.09. The van der Waals surface area contributed by atoms with Gasteiger partial charge in [0.1, 0.15) is 5.82 Å². The highest BCUT2D eigenvalue weighted by molar-refractivity contribution is 9.10. The number of halogens is 1. The van der Waals surface area contributed by atoms with Crippen LogP contribution in [-0.4, -0.2) is 47.0 Å². The predicted molar refractivity (Wildman–Crippen MR) is 121 cm³/mol. The molecule has 0 aliphatic carbocycles. The van der Waals surface area contributed by atoms with E-state index in [1.165, 1.54) is 16.9 Å². The van der Waals surface area contributed by atoms with Gasteiger partial charge in [0.15, 0.2) is 0 Å². The maximum atomic E-state index is 12.6. The van der Waals surface area contributed by atoms with E-state index in [2.05, 4.69) is 50.2 Å². The standard InChI is InChI=1S/C21H22BrN5OS/c1-14-3-5-17(6-4-14)24-19-11-15(2)23-21(25-19)27-9-7-26(8-10-27)20(28)18-12-16(22)13-29-18/h3-6,11-13H,7-10H2,1-2H3,(H,23,24,25). The quantitative estimate of drug-likeness (QED) is 0.601. The molecule has 3 heterocycles. The van der Waals surface area contributed by atoms with Gasteiger partial charge in [-0.3, -0.25) is 4.79 Å². The minimum Gasteiger partial charge on any atom is -0.340 e. The highest BCUT2D eigenvalue weighted by atomic mass is 79.9. The Morgan fingerprint density at radius 1 is 1.07 bits per heavy atom. The third-order valence-corrected chi connectivity index (χ3v) is 6.47. The average Bonchev–Trinajstić information content (AvgIpc) is 3.15. The van der Waals surface area contributed by atoms with Crippen LogP contribution in [0.15, 0.2) is 46.3 Å². The van der Waals surface area contributed by atoms with Crippen molar-refractivity contribution in [2.45, 2.75) is 13.8 Å². The fraction of sp³-hybridized carbons (Fsp3) is 0.286. The van der Waals surface area contributed by atoms with Crippen molar-refractivity contribution < 1.29 is 4.79 Å². The molecule has 1 fully saturated rings. The van der Waals surface area contributed by atoms with Gasteiger partial charge in [-0.1, -0.05) is 17.7 Å². The number of hydrogen-bond acceptors (Lipinski definition) is 6. The molecule has 150 valence electrons. The average molecular weight is 472 g/mol. The summed E-state index contributed by atoms with van der Waals surface area (Å²) < 4.78 is 0.950. The Labute approximate surface area is 182 Å². The van der Waals surface area contributed by atoms with Crippen LogP contribution in [0.5, 0.6) is 0 Å². The minimum absolute atomic E-state index is 0.0900. The lowest BCUT2D eigenvalue weighted by Gasteiger charge is -2.34. The van der Waals surface area contributed by atoms with Crippen LogP contribution >= 0.6 is 27.3 Å². The second-order valence-corrected chi connectivity index (χ2v) is 8.92. The first-order valence-corrected chi connectivity index (χ1v) is 11.1. The van der Waals surface area contributed by atoms with E-state index in [9.17, 15) is 4.79 Å². The van der Waals surface area contributed by atoms with Crippen molar-refractivity contribution in [1.82, 2.24) is 14.9 Å². The molecule has 4 rings (SSSR count). The highest BCUT2D eigenvalue weighted by Gasteiger charge is 2.24. The van der Waals surface area contributed by atoms with Gasteiger partial charge < -0.3 is 15.1 Å². The lowest BCUT2D eigenvalue weighted by Crippen LogP contribution is -2.49. The van der Waals surface area contributed by atoms with E-state index in [1.54, 1.807) is 0 Å². The van der Waals surface area contributed by atoms with Crippen LogP contribution in [0.4, 0.5) is 17.5 Å². The summed E-state index contributed by atoms with van der Waals surface area (Å²) in [5, 5.41) is 5.29. The molecule has 0 saturated carbocycles. The molecule has 0 unspecified atom stereocenters. The van der Waals surface area contributed by atoms with Gasteiger partial charge in [0.25, 0.3) is 5.91 Å². The highest BCUT2D eigenvalue weighted by Crippen LogP contribution is 2.23. The number of thiophene rings is 1. The minimum atomic E-state index is 0.0900. The monoisotopic (exact) mass is 471 g/mol. The number of rotatable bonds is 4. The number of aromatic nitrogens is 2. The Morgan fingerprint density at radius 3 is 2.45 bits per heavy atom. The van der Waals surface area contributed by atoms with Crippen molar-refractivity contribution in [1.29, 1.82) is 0 Å². The number of carbonyl (C=O) groups excluding carboxylic acids is 1. The van der Waals surface area contributed by atoms with E-state index in [1.807, 2.05) is 41.5 Å². The number of benzene rings is 1. The maximum Gasteiger partial charge on any atom is 0.264 e. The van der Waals surface area contributed by atoms with Crippen molar-refractivity contribution >= 4 is 50.6 Å². The fourth-order valence-electron chi connectivity index (χ4n) is 3.23.